The van der Waals surface area contributed by atoms with Crippen molar-refractivity contribution in [3.8, 4) is 5.75 Å². The van der Waals surface area contributed by atoms with Crippen LogP contribution >= 0.6 is 0 Å². The second kappa shape index (κ2) is 8.26. The summed E-state index contributed by atoms with van der Waals surface area (Å²) in [5.74, 6) is 0.782. The molecule has 1 aromatic heterocycles. The van der Waals surface area contributed by atoms with Crippen LogP contribution in [0.3, 0.4) is 0 Å². The molecule has 7 nitrogen and oxygen atoms in total. The molecule has 0 aliphatic rings. The zero-order valence-electron chi connectivity index (χ0n) is 13.5. The summed E-state index contributed by atoms with van der Waals surface area (Å²) in [7, 11) is 0. The van der Waals surface area contributed by atoms with Crippen LogP contribution < -0.4 is 4.74 Å². The van der Waals surface area contributed by atoms with Gasteiger partial charge < -0.3 is 9.84 Å². The van der Waals surface area contributed by atoms with E-state index < -0.39 is 5.97 Å². The van der Waals surface area contributed by atoms with Gasteiger partial charge in [0.25, 0.3) is 0 Å². The molecule has 0 aliphatic carbocycles. The summed E-state index contributed by atoms with van der Waals surface area (Å²) in [5.41, 5.74) is 2.16. The molecule has 1 aromatic carbocycles. The Kier molecular flexibility index (Phi) is 6.08. The minimum Gasteiger partial charge on any atom is -0.485 e. The van der Waals surface area contributed by atoms with Gasteiger partial charge in [0.05, 0.1) is 0 Å². The van der Waals surface area contributed by atoms with Crippen molar-refractivity contribution in [2.45, 2.75) is 52.7 Å². The number of carboxylic acids is 1. The van der Waals surface area contributed by atoms with E-state index in [1.54, 1.807) is 4.68 Å². The maximum atomic E-state index is 10.5. The Morgan fingerprint density at radius 2 is 1.96 bits per heavy atom. The van der Waals surface area contributed by atoms with E-state index in [4.69, 9.17) is 9.84 Å². The predicted octanol–water partition coefficient (Wildman–Crippen LogP) is 2.51. The fourth-order valence-corrected chi connectivity index (χ4v) is 2.38. The standard InChI is InChI=1S/C16H22N4O3/c1-12-7-6-8-13(2)16(12)23-11-14-17-18-19-20(14)10-5-3-4-9-15(21)22/h6-8H,3-5,9-11H2,1-2H3,(H,21,22). The van der Waals surface area contributed by atoms with Crippen molar-refractivity contribution < 1.29 is 14.6 Å². The number of rotatable bonds is 9. The van der Waals surface area contributed by atoms with Crippen molar-refractivity contribution in [2.24, 2.45) is 0 Å². The van der Waals surface area contributed by atoms with Gasteiger partial charge >= 0.3 is 5.97 Å². The van der Waals surface area contributed by atoms with E-state index in [0.717, 1.165) is 29.7 Å². The Hall–Kier alpha value is -2.44. The smallest absolute Gasteiger partial charge is 0.303 e. The molecule has 0 spiro atoms. The van der Waals surface area contributed by atoms with Crippen LogP contribution in [-0.4, -0.2) is 31.3 Å². The van der Waals surface area contributed by atoms with Crippen LogP contribution in [0.5, 0.6) is 5.75 Å². The van der Waals surface area contributed by atoms with Crippen LogP contribution in [0.15, 0.2) is 18.2 Å². The highest BCUT2D eigenvalue weighted by atomic mass is 16.5. The highest BCUT2D eigenvalue weighted by Gasteiger charge is 2.09. The van der Waals surface area contributed by atoms with Gasteiger partial charge in [-0.3, -0.25) is 4.79 Å². The second-order valence-electron chi connectivity index (χ2n) is 5.53. The first-order chi connectivity index (χ1) is 11.1. The Morgan fingerprint density at radius 3 is 2.65 bits per heavy atom. The van der Waals surface area contributed by atoms with E-state index in [2.05, 4.69) is 15.5 Å². The summed E-state index contributed by atoms with van der Waals surface area (Å²) in [6, 6.07) is 6.01. The zero-order chi connectivity index (χ0) is 16.7. The first-order valence-corrected chi connectivity index (χ1v) is 7.74. The molecule has 0 saturated carbocycles. The molecule has 0 fully saturated rings. The van der Waals surface area contributed by atoms with E-state index >= 15 is 0 Å². The number of carboxylic acid groups (broad SMARTS) is 1. The van der Waals surface area contributed by atoms with Crippen LogP contribution in [0.1, 0.15) is 42.6 Å². The molecule has 0 aliphatic heterocycles. The van der Waals surface area contributed by atoms with Crippen molar-refractivity contribution >= 4 is 5.97 Å². The maximum Gasteiger partial charge on any atom is 0.303 e. The van der Waals surface area contributed by atoms with Crippen molar-refractivity contribution in [3.63, 3.8) is 0 Å². The first-order valence-electron chi connectivity index (χ1n) is 7.74. The zero-order valence-corrected chi connectivity index (χ0v) is 13.5. The lowest BCUT2D eigenvalue weighted by Gasteiger charge is -2.11. The van der Waals surface area contributed by atoms with E-state index in [9.17, 15) is 4.79 Å². The third kappa shape index (κ3) is 5.05. The van der Waals surface area contributed by atoms with Crippen molar-refractivity contribution in [2.75, 3.05) is 0 Å². The van der Waals surface area contributed by atoms with Gasteiger partial charge in [-0.25, -0.2) is 4.68 Å². The molecule has 2 aromatic rings. The summed E-state index contributed by atoms with van der Waals surface area (Å²) >= 11 is 0. The molecule has 1 N–H and O–H groups in total. The number of aryl methyl sites for hydroxylation is 3. The molecule has 7 heteroatoms. The molecule has 0 amide bonds. The van der Waals surface area contributed by atoms with Crippen molar-refractivity contribution in [1.29, 1.82) is 0 Å². The minimum atomic E-state index is -0.755. The number of hydrogen-bond acceptors (Lipinski definition) is 5. The van der Waals surface area contributed by atoms with Crippen LogP contribution in [0.4, 0.5) is 0 Å². The number of para-hydroxylation sites is 1. The highest BCUT2D eigenvalue weighted by molar-refractivity contribution is 5.66. The van der Waals surface area contributed by atoms with E-state index in [1.165, 1.54) is 0 Å². The summed E-state index contributed by atoms with van der Waals surface area (Å²) in [6.45, 7) is 4.99. The Labute approximate surface area is 135 Å². The Morgan fingerprint density at radius 1 is 1.22 bits per heavy atom. The average molecular weight is 318 g/mol. The molecule has 0 radical (unpaired) electrons. The van der Waals surface area contributed by atoms with Crippen LogP contribution in [-0.2, 0) is 17.9 Å². The van der Waals surface area contributed by atoms with Crippen LogP contribution in [0, 0.1) is 13.8 Å². The summed E-state index contributed by atoms with van der Waals surface area (Å²) in [5, 5.41) is 20.3. The van der Waals surface area contributed by atoms with Gasteiger partial charge in [0.2, 0.25) is 0 Å². The number of aromatic nitrogens is 4. The molecular weight excluding hydrogens is 296 g/mol. The lowest BCUT2D eigenvalue weighted by Crippen LogP contribution is -2.10. The number of ether oxygens (including phenoxy) is 1. The SMILES string of the molecule is Cc1cccc(C)c1OCc1nnnn1CCCCCC(=O)O. The predicted molar refractivity (Wildman–Crippen MR) is 84.2 cm³/mol. The molecule has 124 valence electrons. The van der Waals surface area contributed by atoms with Gasteiger partial charge in [0, 0.05) is 13.0 Å². The molecule has 0 bridgehead atoms. The fraction of sp³-hybridized carbons (Fsp3) is 0.500. The highest BCUT2D eigenvalue weighted by Crippen LogP contribution is 2.23. The Balaban J connectivity index is 1.85. The molecule has 2 rings (SSSR count). The molecule has 0 saturated heterocycles. The Bertz CT molecular complexity index is 634. The number of aliphatic carboxylic acids is 1. The van der Waals surface area contributed by atoms with E-state index in [-0.39, 0.29) is 6.42 Å². The van der Waals surface area contributed by atoms with Gasteiger partial charge in [-0.2, -0.15) is 0 Å². The molecule has 0 atom stereocenters. The molecular formula is C16H22N4O3. The van der Waals surface area contributed by atoms with Gasteiger partial charge in [-0.05, 0) is 48.2 Å². The lowest BCUT2D eigenvalue weighted by molar-refractivity contribution is -0.137. The first kappa shape index (κ1) is 16.9. The topological polar surface area (TPSA) is 90.1 Å². The number of hydrogen-bond donors (Lipinski definition) is 1. The monoisotopic (exact) mass is 318 g/mol. The van der Waals surface area contributed by atoms with Gasteiger partial charge in [0.15, 0.2) is 5.82 Å². The minimum absolute atomic E-state index is 0.206. The number of tetrazole rings is 1. The number of unbranched alkanes of at least 4 members (excludes halogenated alkanes) is 2. The third-order valence-electron chi connectivity index (χ3n) is 3.62. The van der Waals surface area contributed by atoms with Gasteiger partial charge in [0.1, 0.15) is 12.4 Å². The lowest BCUT2D eigenvalue weighted by atomic mass is 10.1. The molecule has 0 unspecified atom stereocenters. The van der Waals surface area contributed by atoms with E-state index in [0.29, 0.717) is 25.4 Å². The van der Waals surface area contributed by atoms with Gasteiger partial charge in [-0.1, -0.05) is 24.6 Å². The summed E-state index contributed by atoms with van der Waals surface area (Å²) < 4.78 is 7.59. The molecule has 1 heterocycles. The average Bonchev–Trinajstić information content (AvgIpc) is 2.93. The molecule has 23 heavy (non-hydrogen) atoms. The second-order valence-corrected chi connectivity index (χ2v) is 5.53. The maximum absolute atomic E-state index is 10.5. The summed E-state index contributed by atoms with van der Waals surface area (Å²) in [6.07, 6.45) is 2.56. The third-order valence-corrected chi connectivity index (χ3v) is 3.62. The van der Waals surface area contributed by atoms with Crippen LogP contribution in [0.25, 0.3) is 0 Å². The van der Waals surface area contributed by atoms with Gasteiger partial charge in [-0.15, -0.1) is 5.10 Å². The number of nitrogens with zero attached hydrogens (tertiary/aromatic N) is 4. The number of benzene rings is 1. The van der Waals surface area contributed by atoms with Crippen LogP contribution in [0.2, 0.25) is 0 Å². The van der Waals surface area contributed by atoms with Crippen molar-refractivity contribution in [3.05, 3.63) is 35.2 Å². The summed E-state index contributed by atoms with van der Waals surface area (Å²) in [4.78, 5) is 10.5. The van der Waals surface area contributed by atoms with Crippen molar-refractivity contribution in [1.82, 2.24) is 20.2 Å². The quantitative estimate of drug-likeness (QED) is 0.714. The van der Waals surface area contributed by atoms with E-state index in [1.807, 2.05) is 32.0 Å². The fourth-order valence-electron chi connectivity index (χ4n) is 2.38. The number of carbonyl (C=O) groups is 1. The normalized spacial score (nSPS) is 10.7. The largest absolute Gasteiger partial charge is 0.485 e.